The summed E-state index contributed by atoms with van der Waals surface area (Å²) in [5.41, 5.74) is 1.60. The lowest BCUT2D eigenvalue weighted by Crippen LogP contribution is -2.54. The van der Waals surface area contributed by atoms with E-state index in [-0.39, 0.29) is 17.9 Å². The van der Waals surface area contributed by atoms with Crippen LogP contribution in [0.3, 0.4) is 0 Å². The minimum absolute atomic E-state index is 0.102. The lowest BCUT2D eigenvalue weighted by molar-refractivity contribution is -0.140. The number of anilines is 1. The smallest absolute Gasteiger partial charge is 0.244 e. The molecule has 0 bridgehead atoms. The number of halogens is 1. The first-order valence-corrected chi connectivity index (χ1v) is 14.1. The highest BCUT2D eigenvalue weighted by Crippen LogP contribution is 2.26. The fourth-order valence-electron chi connectivity index (χ4n) is 3.58. The topological polar surface area (TPSA) is 86.8 Å². The van der Waals surface area contributed by atoms with Gasteiger partial charge in [-0.25, -0.2) is 8.42 Å². The molecule has 0 saturated carbocycles. The summed E-state index contributed by atoms with van der Waals surface area (Å²) in [5.74, 6) is -0.822. The van der Waals surface area contributed by atoms with Crippen LogP contribution in [0.15, 0.2) is 48.5 Å². The van der Waals surface area contributed by atoms with Gasteiger partial charge in [-0.2, -0.15) is 0 Å². The molecule has 7 nitrogen and oxygen atoms in total. The third-order valence-corrected chi connectivity index (χ3v) is 7.02. The molecule has 2 aromatic rings. The van der Waals surface area contributed by atoms with Gasteiger partial charge in [-0.15, -0.1) is 0 Å². The van der Waals surface area contributed by atoms with Gasteiger partial charge in [0.1, 0.15) is 12.6 Å². The van der Waals surface area contributed by atoms with Gasteiger partial charge in [0, 0.05) is 17.1 Å². The first-order valence-electron chi connectivity index (χ1n) is 11.8. The van der Waals surface area contributed by atoms with E-state index < -0.39 is 34.1 Å². The summed E-state index contributed by atoms with van der Waals surface area (Å²) in [7, 11) is -3.78. The van der Waals surface area contributed by atoms with Crippen LogP contribution in [-0.2, 0) is 31.6 Å². The summed E-state index contributed by atoms with van der Waals surface area (Å²) in [6.45, 7) is 13.1. The highest BCUT2D eigenvalue weighted by molar-refractivity contribution is 7.92. The Hall–Kier alpha value is -2.58. The molecule has 0 fully saturated rings. The molecule has 1 N–H and O–H groups in total. The number of rotatable bonds is 8. The van der Waals surface area contributed by atoms with Gasteiger partial charge in [0.05, 0.1) is 11.9 Å². The number of benzene rings is 2. The van der Waals surface area contributed by atoms with Gasteiger partial charge in [-0.1, -0.05) is 56.6 Å². The van der Waals surface area contributed by atoms with Crippen LogP contribution in [0, 0.1) is 0 Å². The van der Waals surface area contributed by atoms with E-state index in [0.717, 1.165) is 21.7 Å². The molecule has 198 valence electrons. The molecule has 0 aliphatic heterocycles. The van der Waals surface area contributed by atoms with Gasteiger partial charge in [-0.05, 0) is 68.5 Å². The van der Waals surface area contributed by atoms with Crippen LogP contribution in [0.2, 0.25) is 5.02 Å². The van der Waals surface area contributed by atoms with Crippen molar-refractivity contribution in [3.63, 3.8) is 0 Å². The number of nitrogens with zero attached hydrogens (tertiary/aromatic N) is 2. The molecule has 0 aliphatic rings. The molecule has 2 rings (SSSR count). The minimum Gasteiger partial charge on any atom is -0.350 e. The number of hydrogen-bond acceptors (Lipinski definition) is 4. The quantitative estimate of drug-likeness (QED) is 0.529. The molecule has 2 amide bonds. The van der Waals surface area contributed by atoms with Gasteiger partial charge in [-0.3, -0.25) is 13.9 Å². The molecule has 9 heteroatoms. The fraction of sp³-hybridized carbons (Fsp3) is 0.481. The highest BCUT2D eigenvalue weighted by Gasteiger charge is 2.31. The van der Waals surface area contributed by atoms with Crippen LogP contribution in [0.1, 0.15) is 59.6 Å². The maximum absolute atomic E-state index is 13.6. The zero-order valence-electron chi connectivity index (χ0n) is 22.4. The minimum atomic E-state index is -3.78. The molecule has 0 radical (unpaired) electrons. The van der Waals surface area contributed by atoms with E-state index in [4.69, 9.17) is 11.6 Å². The third-order valence-electron chi connectivity index (χ3n) is 5.63. The molecule has 0 saturated heterocycles. The maximum atomic E-state index is 13.6. The first-order chi connectivity index (χ1) is 16.4. The Balaban J connectivity index is 2.41. The summed E-state index contributed by atoms with van der Waals surface area (Å²) in [6, 6.07) is 13.3. The second kappa shape index (κ2) is 11.2. The average Bonchev–Trinajstić information content (AvgIpc) is 2.74. The lowest BCUT2D eigenvalue weighted by Gasteiger charge is -2.33. The molecule has 0 aliphatic carbocycles. The highest BCUT2D eigenvalue weighted by atomic mass is 35.5. The summed E-state index contributed by atoms with van der Waals surface area (Å²) < 4.78 is 26.5. The van der Waals surface area contributed by atoms with Crippen molar-refractivity contribution in [2.75, 3.05) is 17.1 Å². The molecule has 0 heterocycles. The standard InChI is InChI=1S/C27H38ClN3O4S/c1-19(25(33)29-27(5,6)7)30(17-20-9-13-22(28)14-10-20)24(32)18-31(36(8,34)35)23-15-11-21(12-16-23)26(2,3)4/h9-16,19H,17-18H2,1-8H3,(H,29,33)/t19-/m0/s1. The summed E-state index contributed by atoms with van der Waals surface area (Å²) in [6.07, 6.45) is 1.07. The Morgan fingerprint density at radius 3 is 1.92 bits per heavy atom. The molecular formula is C27H38ClN3O4S. The van der Waals surface area contributed by atoms with E-state index >= 15 is 0 Å². The van der Waals surface area contributed by atoms with E-state index in [1.165, 1.54) is 4.90 Å². The number of carbonyl (C=O) groups excluding carboxylic acids is 2. The van der Waals surface area contributed by atoms with Crippen LogP contribution in [-0.4, -0.2) is 49.5 Å². The molecular weight excluding hydrogens is 498 g/mol. The Bertz CT molecular complexity index is 1170. The third kappa shape index (κ3) is 8.52. The number of sulfonamides is 1. The molecule has 0 unspecified atom stereocenters. The average molecular weight is 536 g/mol. The molecule has 36 heavy (non-hydrogen) atoms. The SMILES string of the molecule is C[C@@H](C(=O)NC(C)(C)C)N(Cc1ccc(Cl)cc1)C(=O)CN(c1ccc(C(C)(C)C)cc1)S(C)(=O)=O. The Morgan fingerprint density at radius 2 is 1.47 bits per heavy atom. The van der Waals surface area contributed by atoms with Crippen molar-refractivity contribution in [3.8, 4) is 0 Å². The van der Waals surface area contributed by atoms with Crippen LogP contribution < -0.4 is 9.62 Å². The number of amides is 2. The van der Waals surface area contributed by atoms with Crippen LogP contribution in [0.5, 0.6) is 0 Å². The molecule has 0 spiro atoms. The van der Waals surface area contributed by atoms with Gasteiger partial charge >= 0.3 is 0 Å². The number of carbonyl (C=O) groups is 2. The largest absolute Gasteiger partial charge is 0.350 e. The summed E-state index contributed by atoms with van der Waals surface area (Å²) in [4.78, 5) is 28.0. The van der Waals surface area contributed by atoms with E-state index in [9.17, 15) is 18.0 Å². The van der Waals surface area contributed by atoms with Gasteiger partial charge in [0.25, 0.3) is 0 Å². The zero-order chi connectivity index (χ0) is 27.5. The first kappa shape index (κ1) is 29.6. The fourth-order valence-corrected chi connectivity index (χ4v) is 4.56. The van der Waals surface area contributed by atoms with Crippen molar-refractivity contribution in [3.05, 3.63) is 64.7 Å². The number of hydrogen-bond donors (Lipinski definition) is 1. The van der Waals surface area contributed by atoms with E-state index in [0.29, 0.717) is 10.7 Å². The van der Waals surface area contributed by atoms with Crippen LogP contribution in [0.4, 0.5) is 5.69 Å². The van der Waals surface area contributed by atoms with Crippen LogP contribution >= 0.6 is 11.6 Å². The lowest BCUT2D eigenvalue weighted by atomic mass is 9.87. The normalized spacial score (nSPS) is 13.1. The van der Waals surface area contributed by atoms with Gasteiger partial charge in [0.15, 0.2) is 0 Å². The molecule has 1 atom stereocenters. The van der Waals surface area contributed by atoms with Crippen molar-refractivity contribution in [2.45, 2.75) is 72.0 Å². The molecule has 2 aromatic carbocycles. The van der Waals surface area contributed by atoms with E-state index in [2.05, 4.69) is 26.1 Å². The van der Waals surface area contributed by atoms with Crippen LogP contribution in [0.25, 0.3) is 0 Å². The Morgan fingerprint density at radius 1 is 0.944 bits per heavy atom. The van der Waals surface area contributed by atoms with Crippen molar-refractivity contribution < 1.29 is 18.0 Å². The summed E-state index contributed by atoms with van der Waals surface area (Å²) >= 11 is 6.00. The molecule has 0 aromatic heterocycles. The monoisotopic (exact) mass is 535 g/mol. The van der Waals surface area contributed by atoms with Crippen molar-refractivity contribution in [1.82, 2.24) is 10.2 Å². The maximum Gasteiger partial charge on any atom is 0.244 e. The van der Waals surface area contributed by atoms with Crippen molar-refractivity contribution in [1.29, 1.82) is 0 Å². The Kier molecular flexibility index (Phi) is 9.24. The predicted octanol–water partition coefficient (Wildman–Crippen LogP) is 4.74. The van der Waals surface area contributed by atoms with Gasteiger partial charge in [0.2, 0.25) is 21.8 Å². The summed E-state index contributed by atoms with van der Waals surface area (Å²) in [5, 5.41) is 3.45. The second-order valence-electron chi connectivity index (χ2n) is 11.1. The van der Waals surface area contributed by atoms with Crippen molar-refractivity contribution >= 4 is 39.1 Å². The Labute approximate surface area is 220 Å². The van der Waals surface area contributed by atoms with Crippen molar-refractivity contribution in [2.24, 2.45) is 0 Å². The second-order valence-corrected chi connectivity index (χ2v) is 13.5. The van der Waals surface area contributed by atoms with E-state index in [1.54, 1.807) is 43.3 Å². The zero-order valence-corrected chi connectivity index (χ0v) is 24.0. The number of nitrogens with one attached hydrogen (secondary N) is 1. The van der Waals surface area contributed by atoms with Gasteiger partial charge < -0.3 is 10.2 Å². The van der Waals surface area contributed by atoms with E-state index in [1.807, 2.05) is 32.9 Å². The predicted molar refractivity (Wildman–Crippen MR) is 147 cm³/mol.